The molecule has 0 aromatic carbocycles. The fourth-order valence-corrected chi connectivity index (χ4v) is 4.33. The molecule has 0 amide bonds. The van der Waals surface area contributed by atoms with Gasteiger partial charge in [0, 0.05) is 50.7 Å². The first-order chi connectivity index (χ1) is 14.1. The van der Waals surface area contributed by atoms with Gasteiger partial charge in [-0.1, -0.05) is 6.92 Å². The number of rotatable bonds is 4. The van der Waals surface area contributed by atoms with Crippen LogP contribution in [0.25, 0.3) is 0 Å². The van der Waals surface area contributed by atoms with Gasteiger partial charge in [0.2, 0.25) is 5.95 Å². The number of pyridine rings is 1. The van der Waals surface area contributed by atoms with Crippen LogP contribution in [0.4, 0.5) is 10.3 Å². The lowest BCUT2D eigenvalue weighted by Gasteiger charge is -2.44. The molecular formula is C21H25FN6O. The molecule has 1 fully saturated rings. The van der Waals surface area contributed by atoms with E-state index in [1.807, 2.05) is 6.20 Å². The monoisotopic (exact) mass is 396 g/mol. The average molecular weight is 396 g/mol. The number of hydrogen-bond acceptors (Lipinski definition) is 7. The van der Waals surface area contributed by atoms with Gasteiger partial charge in [-0.2, -0.15) is 5.26 Å². The van der Waals surface area contributed by atoms with Crippen molar-refractivity contribution in [2.75, 3.05) is 37.7 Å². The van der Waals surface area contributed by atoms with E-state index in [-0.39, 0.29) is 5.41 Å². The van der Waals surface area contributed by atoms with Gasteiger partial charge in [0.25, 0.3) is 0 Å². The summed E-state index contributed by atoms with van der Waals surface area (Å²) in [5, 5.41) is 9.31. The van der Waals surface area contributed by atoms with Crippen LogP contribution in [-0.4, -0.2) is 52.6 Å². The van der Waals surface area contributed by atoms with E-state index in [9.17, 15) is 9.65 Å². The Kier molecular flexibility index (Phi) is 5.58. The largest absolute Gasteiger partial charge is 0.490 e. The molecule has 0 radical (unpaired) electrons. The third-order valence-electron chi connectivity index (χ3n) is 6.16. The van der Waals surface area contributed by atoms with E-state index in [0.717, 1.165) is 57.5 Å². The molecule has 8 heteroatoms. The smallest absolute Gasteiger partial charge is 0.225 e. The maximum atomic E-state index is 13.1. The van der Waals surface area contributed by atoms with Gasteiger partial charge in [0.1, 0.15) is 24.0 Å². The summed E-state index contributed by atoms with van der Waals surface area (Å²) in [5.74, 6) is 0.869. The normalized spacial score (nSPS) is 19.0. The molecule has 0 spiro atoms. The van der Waals surface area contributed by atoms with Crippen molar-refractivity contribution in [3.63, 3.8) is 0 Å². The van der Waals surface area contributed by atoms with E-state index in [4.69, 9.17) is 4.74 Å². The lowest BCUT2D eigenvalue weighted by Crippen LogP contribution is -2.46. The van der Waals surface area contributed by atoms with Crippen molar-refractivity contribution in [1.82, 2.24) is 19.9 Å². The van der Waals surface area contributed by atoms with Gasteiger partial charge in [-0.05, 0) is 24.7 Å². The Labute approximate surface area is 170 Å². The third kappa shape index (κ3) is 4.15. The molecule has 2 aliphatic rings. The number of hydrogen-bond donors (Lipinski definition) is 0. The minimum absolute atomic E-state index is 0.210. The van der Waals surface area contributed by atoms with Crippen molar-refractivity contribution >= 4 is 5.95 Å². The molecule has 2 aliphatic heterocycles. The predicted molar refractivity (Wildman–Crippen MR) is 106 cm³/mol. The molecule has 152 valence electrons. The molecule has 0 bridgehead atoms. The second-order valence-corrected chi connectivity index (χ2v) is 7.89. The molecule has 4 heterocycles. The van der Waals surface area contributed by atoms with Crippen molar-refractivity contribution in [3.05, 3.63) is 41.7 Å². The van der Waals surface area contributed by atoms with Crippen LogP contribution in [0.3, 0.4) is 0 Å². The van der Waals surface area contributed by atoms with Gasteiger partial charge in [0.05, 0.1) is 12.4 Å². The van der Waals surface area contributed by atoms with Crippen LogP contribution in [0.5, 0.6) is 5.75 Å². The van der Waals surface area contributed by atoms with Crippen molar-refractivity contribution in [2.45, 2.75) is 32.7 Å². The number of nitriles is 1. The van der Waals surface area contributed by atoms with Crippen molar-refractivity contribution in [1.29, 1.82) is 5.26 Å². The predicted octanol–water partition coefficient (Wildman–Crippen LogP) is 2.77. The summed E-state index contributed by atoms with van der Waals surface area (Å²) in [6.07, 6.45) is 8.98. The van der Waals surface area contributed by atoms with Crippen LogP contribution in [0, 0.1) is 22.6 Å². The summed E-state index contributed by atoms with van der Waals surface area (Å²) in [6.45, 7) is 7.08. The molecule has 7 nitrogen and oxygen atoms in total. The molecule has 0 saturated carbocycles. The Balaban J connectivity index is 1.44. The fraction of sp³-hybridized carbons (Fsp3) is 0.524. The molecule has 29 heavy (non-hydrogen) atoms. The molecule has 2 aromatic rings. The second-order valence-electron chi connectivity index (χ2n) is 7.89. The van der Waals surface area contributed by atoms with Crippen LogP contribution < -0.4 is 9.64 Å². The van der Waals surface area contributed by atoms with Gasteiger partial charge >= 0.3 is 0 Å². The second kappa shape index (κ2) is 8.29. The lowest BCUT2D eigenvalue weighted by atomic mass is 9.75. The summed E-state index contributed by atoms with van der Waals surface area (Å²) in [4.78, 5) is 17.0. The maximum Gasteiger partial charge on any atom is 0.225 e. The number of aromatic nitrogens is 3. The number of fused-ring (bicyclic) bond motifs is 1. The number of ether oxygens (including phenoxy) is 1. The highest BCUT2D eigenvalue weighted by atomic mass is 19.1. The first-order valence-electron chi connectivity index (χ1n) is 10.1. The van der Waals surface area contributed by atoms with E-state index in [2.05, 4.69) is 37.7 Å². The standard InChI is InChI=1S/C21H25FN6O/c1-2-21(3-5-28(6-4-21)20-25-12-18(22)13-26-20)15-27-7-8-29-19-16(9-23)10-24-11-17(19)14-27/h10-13H,2-8,14-15H2,1H3. The SMILES string of the molecule is CCC1(CN2CCOc3c(C#N)cncc3C2)CCN(c2ncc(F)cn2)CC1. The number of halogens is 1. The Morgan fingerprint density at radius 3 is 2.62 bits per heavy atom. The Morgan fingerprint density at radius 1 is 1.17 bits per heavy atom. The zero-order valence-corrected chi connectivity index (χ0v) is 16.6. The van der Waals surface area contributed by atoms with Crippen LogP contribution in [-0.2, 0) is 6.54 Å². The van der Waals surface area contributed by atoms with Crippen LogP contribution in [0.15, 0.2) is 24.8 Å². The van der Waals surface area contributed by atoms with E-state index in [0.29, 0.717) is 23.9 Å². The van der Waals surface area contributed by atoms with E-state index < -0.39 is 5.82 Å². The zero-order valence-electron chi connectivity index (χ0n) is 16.6. The summed E-state index contributed by atoms with van der Waals surface area (Å²) >= 11 is 0. The number of anilines is 1. The first-order valence-corrected chi connectivity index (χ1v) is 10.1. The summed E-state index contributed by atoms with van der Waals surface area (Å²) in [6, 6.07) is 2.17. The van der Waals surface area contributed by atoms with E-state index in [1.54, 1.807) is 6.20 Å². The zero-order chi connectivity index (χ0) is 20.3. The van der Waals surface area contributed by atoms with Gasteiger partial charge in [-0.25, -0.2) is 14.4 Å². The highest BCUT2D eigenvalue weighted by Gasteiger charge is 2.36. The number of nitrogens with zero attached hydrogens (tertiary/aromatic N) is 6. The van der Waals surface area contributed by atoms with Crippen molar-refractivity contribution in [3.8, 4) is 11.8 Å². The molecule has 2 aromatic heterocycles. The summed E-state index contributed by atoms with van der Waals surface area (Å²) in [5.41, 5.74) is 1.69. The minimum Gasteiger partial charge on any atom is -0.490 e. The summed E-state index contributed by atoms with van der Waals surface area (Å²) in [7, 11) is 0. The van der Waals surface area contributed by atoms with Gasteiger partial charge in [0.15, 0.2) is 5.82 Å². The Morgan fingerprint density at radius 2 is 1.93 bits per heavy atom. The van der Waals surface area contributed by atoms with Crippen LogP contribution in [0.1, 0.15) is 37.3 Å². The number of piperidine rings is 1. The molecule has 1 saturated heterocycles. The molecule has 0 N–H and O–H groups in total. The molecule has 4 rings (SSSR count). The minimum atomic E-state index is -0.411. The quantitative estimate of drug-likeness (QED) is 0.786. The average Bonchev–Trinajstić information content (AvgIpc) is 2.96. The van der Waals surface area contributed by atoms with Crippen molar-refractivity contribution < 1.29 is 9.13 Å². The van der Waals surface area contributed by atoms with Gasteiger partial charge < -0.3 is 9.64 Å². The highest BCUT2D eigenvalue weighted by Crippen LogP contribution is 2.38. The third-order valence-corrected chi connectivity index (χ3v) is 6.16. The first kappa shape index (κ1) is 19.5. The van der Waals surface area contributed by atoms with Crippen LogP contribution in [0.2, 0.25) is 0 Å². The molecule has 0 atom stereocenters. The highest BCUT2D eigenvalue weighted by molar-refractivity contribution is 5.46. The van der Waals surface area contributed by atoms with Gasteiger partial charge in [-0.3, -0.25) is 9.88 Å². The van der Waals surface area contributed by atoms with Crippen LogP contribution >= 0.6 is 0 Å². The van der Waals surface area contributed by atoms with E-state index >= 15 is 0 Å². The van der Waals surface area contributed by atoms with Gasteiger partial charge in [-0.15, -0.1) is 0 Å². The summed E-state index contributed by atoms with van der Waals surface area (Å²) < 4.78 is 19.0. The topological polar surface area (TPSA) is 78.2 Å². The Hall–Kier alpha value is -2.79. The van der Waals surface area contributed by atoms with Crippen molar-refractivity contribution in [2.24, 2.45) is 5.41 Å². The fourth-order valence-electron chi connectivity index (χ4n) is 4.33. The maximum absolute atomic E-state index is 13.1. The molecule has 0 unspecified atom stereocenters. The molecule has 0 aliphatic carbocycles. The van der Waals surface area contributed by atoms with E-state index in [1.165, 1.54) is 12.4 Å². The Bertz CT molecular complexity index is 889. The lowest BCUT2D eigenvalue weighted by molar-refractivity contribution is 0.103. The molecular weight excluding hydrogens is 371 g/mol.